The number of carbonyl (C=O) groups is 1. The molecule has 2 heterocycles. The van der Waals surface area contributed by atoms with Crippen molar-refractivity contribution in [1.82, 2.24) is 20.1 Å². The molecule has 1 aliphatic carbocycles. The van der Waals surface area contributed by atoms with E-state index in [9.17, 15) is 4.79 Å². The summed E-state index contributed by atoms with van der Waals surface area (Å²) >= 11 is 0. The minimum absolute atomic E-state index is 0.131. The highest BCUT2D eigenvalue weighted by Crippen LogP contribution is 2.23. The average molecular weight is 405 g/mol. The van der Waals surface area contributed by atoms with Gasteiger partial charge in [0.1, 0.15) is 5.69 Å². The van der Waals surface area contributed by atoms with E-state index in [0.29, 0.717) is 30.5 Å². The van der Waals surface area contributed by atoms with Crippen LogP contribution in [-0.2, 0) is 4.74 Å². The van der Waals surface area contributed by atoms with Crippen molar-refractivity contribution in [2.75, 3.05) is 13.2 Å². The van der Waals surface area contributed by atoms with E-state index in [1.54, 1.807) is 23.3 Å². The molecule has 2 aromatic heterocycles. The molecule has 0 spiro atoms. The van der Waals surface area contributed by atoms with E-state index in [1.807, 2.05) is 42.5 Å². The van der Waals surface area contributed by atoms with Gasteiger partial charge in [0.25, 0.3) is 5.91 Å². The number of nitrogens with zero attached hydrogens (tertiary/aromatic N) is 3. The molecule has 3 aromatic rings. The van der Waals surface area contributed by atoms with E-state index in [2.05, 4.69) is 15.4 Å². The van der Waals surface area contributed by atoms with Crippen molar-refractivity contribution < 1.29 is 9.53 Å². The van der Waals surface area contributed by atoms with Crippen LogP contribution < -0.4 is 5.32 Å². The summed E-state index contributed by atoms with van der Waals surface area (Å²) in [5, 5.41) is 7.69. The van der Waals surface area contributed by atoms with Crippen LogP contribution >= 0.6 is 0 Å². The molecule has 1 saturated carbocycles. The Labute approximate surface area is 177 Å². The maximum absolute atomic E-state index is 12.9. The number of benzene rings is 1. The van der Waals surface area contributed by atoms with E-state index in [4.69, 9.17) is 4.74 Å². The number of para-hydroxylation sites is 1. The van der Waals surface area contributed by atoms with Crippen LogP contribution in [0.5, 0.6) is 0 Å². The molecule has 1 aliphatic rings. The van der Waals surface area contributed by atoms with Gasteiger partial charge < -0.3 is 10.1 Å². The number of carbonyl (C=O) groups excluding carboxylic acids is 1. The first kappa shape index (κ1) is 20.3. The standard InChI is InChI=1S/C24H28N4O2/c29-24(26-15-8-16-30-21-12-5-2-6-13-21)22-18-28(20-10-3-1-4-11-20)27-23(22)19-9-7-14-25-17-19/h1,3-4,7,9-11,14,17-18,21H,2,5-6,8,12-13,15-16H2,(H,26,29). The van der Waals surface area contributed by atoms with E-state index < -0.39 is 0 Å². The van der Waals surface area contributed by atoms with Gasteiger partial charge in [-0.3, -0.25) is 9.78 Å². The summed E-state index contributed by atoms with van der Waals surface area (Å²) in [5.41, 5.74) is 2.89. The van der Waals surface area contributed by atoms with Gasteiger partial charge in [0.15, 0.2) is 0 Å². The van der Waals surface area contributed by atoms with Gasteiger partial charge in [-0.2, -0.15) is 5.10 Å². The smallest absolute Gasteiger partial charge is 0.255 e. The molecule has 0 radical (unpaired) electrons. The van der Waals surface area contributed by atoms with E-state index in [1.165, 1.54) is 32.1 Å². The quantitative estimate of drug-likeness (QED) is 0.565. The molecule has 4 rings (SSSR count). The fourth-order valence-corrected chi connectivity index (χ4v) is 3.82. The van der Waals surface area contributed by atoms with E-state index >= 15 is 0 Å². The van der Waals surface area contributed by atoms with Gasteiger partial charge in [0.05, 0.1) is 17.4 Å². The molecule has 30 heavy (non-hydrogen) atoms. The maximum Gasteiger partial charge on any atom is 0.255 e. The Morgan fingerprint density at radius 2 is 1.93 bits per heavy atom. The number of nitrogens with one attached hydrogen (secondary N) is 1. The molecule has 6 nitrogen and oxygen atoms in total. The first-order valence-electron chi connectivity index (χ1n) is 10.8. The topological polar surface area (TPSA) is 69.0 Å². The molecule has 0 aliphatic heterocycles. The normalized spacial score (nSPS) is 14.5. The Morgan fingerprint density at radius 1 is 1.10 bits per heavy atom. The van der Waals surface area contributed by atoms with Crippen molar-refractivity contribution in [1.29, 1.82) is 0 Å². The van der Waals surface area contributed by atoms with Crippen LogP contribution in [0, 0.1) is 0 Å². The second kappa shape index (κ2) is 10.2. The molecule has 0 atom stereocenters. The SMILES string of the molecule is O=C(NCCCOC1CCCCC1)c1cn(-c2ccccc2)nc1-c1cccnc1. The Bertz CT molecular complexity index is 934. The predicted molar refractivity (Wildman–Crippen MR) is 117 cm³/mol. The summed E-state index contributed by atoms with van der Waals surface area (Å²) in [7, 11) is 0. The molecule has 156 valence electrons. The number of amides is 1. The molecular weight excluding hydrogens is 376 g/mol. The van der Waals surface area contributed by atoms with Crippen LogP contribution in [-0.4, -0.2) is 39.9 Å². The molecule has 1 aromatic carbocycles. The molecule has 1 fully saturated rings. The summed E-state index contributed by atoms with van der Waals surface area (Å²) in [4.78, 5) is 17.1. The highest BCUT2D eigenvalue weighted by atomic mass is 16.5. The van der Waals surface area contributed by atoms with Crippen LogP contribution in [0.25, 0.3) is 16.9 Å². The van der Waals surface area contributed by atoms with Crippen molar-refractivity contribution >= 4 is 5.91 Å². The summed E-state index contributed by atoms with van der Waals surface area (Å²) in [6, 6.07) is 13.5. The third-order valence-corrected chi connectivity index (χ3v) is 5.43. The van der Waals surface area contributed by atoms with Gasteiger partial charge in [-0.1, -0.05) is 37.5 Å². The second-order valence-corrected chi connectivity index (χ2v) is 7.65. The summed E-state index contributed by atoms with van der Waals surface area (Å²) in [5.74, 6) is -0.131. The third kappa shape index (κ3) is 5.13. The lowest BCUT2D eigenvalue weighted by molar-refractivity contribution is 0.0273. The number of aromatic nitrogens is 3. The van der Waals surface area contributed by atoms with Crippen LogP contribution in [0.4, 0.5) is 0 Å². The summed E-state index contributed by atoms with van der Waals surface area (Å²) < 4.78 is 7.69. The zero-order valence-corrected chi connectivity index (χ0v) is 17.2. The van der Waals surface area contributed by atoms with Crippen LogP contribution in [0.15, 0.2) is 61.1 Å². The number of rotatable bonds is 8. The fraction of sp³-hybridized carbons (Fsp3) is 0.375. The zero-order valence-electron chi connectivity index (χ0n) is 17.2. The number of pyridine rings is 1. The maximum atomic E-state index is 12.9. The zero-order chi connectivity index (χ0) is 20.6. The number of hydrogen-bond acceptors (Lipinski definition) is 4. The molecular formula is C24H28N4O2. The first-order chi connectivity index (χ1) is 14.8. The summed E-state index contributed by atoms with van der Waals surface area (Å²) in [6.45, 7) is 1.26. The third-order valence-electron chi connectivity index (χ3n) is 5.43. The van der Waals surface area contributed by atoms with Gasteiger partial charge in [0, 0.05) is 37.3 Å². The minimum atomic E-state index is -0.131. The first-order valence-corrected chi connectivity index (χ1v) is 10.8. The molecule has 1 N–H and O–H groups in total. The van der Waals surface area contributed by atoms with Crippen LogP contribution in [0.3, 0.4) is 0 Å². The van der Waals surface area contributed by atoms with E-state index in [0.717, 1.165) is 17.7 Å². The number of hydrogen-bond donors (Lipinski definition) is 1. The molecule has 0 bridgehead atoms. The van der Waals surface area contributed by atoms with Crippen LogP contribution in [0.1, 0.15) is 48.9 Å². The lowest BCUT2D eigenvalue weighted by Gasteiger charge is -2.21. The highest BCUT2D eigenvalue weighted by Gasteiger charge is 2.19. The Morgan fingerprint density at radius 3 is 2.70 bits per heavy atom. The predicted octanol–water partition coefficient (Wildman–Crippen LogP) is 4.40. The van der Waals surface area contributed by atoms with Crippen molar-refractivity contribution in [3.63, 3.8) is 0 Å². The molecule has 0 unspecified atom stereocenters. The lowest BCUT2D eigenvalue weighted by atomic mass is 9.98. The second-order valence-electron chi connectivity index (χ2n) is 7.65. The minimum Gasteiger partial charge on any atom is -0.378 e. The van der Waals surface area contributed by atoms with E-state index in [-0.39, 0.29) is 5.91 Å². The fourth-order valence-electron chi connectivity index (χ4n) is 3.82. The van der Waals surface area contributed by atoms with Crippen molar-refractivity contribution in [3.05, 3.63) is 66.6 Å². The summed E-state index contributed by atoms with van der Waals surface area (Å²) in [6.07, 6.45) is 12.6. The van der Waals surface area contributed by atoms with Crippen molar-refractivity contribution in [2.45, 2.75) is 44.6 Å². The Balaban J connectivity index is 1.41. The monoisotopic (exact) mass is 404 g/mol. The Hall–Kier alpha value is -2.99. The van der Waals surface area contributed by atoms with Crippen molar-refractivity contribution in [2.24, 2.45) is 0 Å². The van der Waals surface area contributed by atoms with Gasteiger partial charge in [-0.25, -0.2) is 4.68 Å². The van der Waals surface area contributed by atoms with Crippen molar-refractivity contribution in [3.8, 4) is 16.9 Å². The highest BCUT2D eigenvalue weighted by molar-refractivity contribution is 5.99. The van der Waals surface area contributed by atoms with Gasteiger partial charge >= 0.3 is 0 Å². The molecule has 0 saturated heterocycles. The lowest BCUT2D eigenvalue weighted by Crippen LogP contribution is -2.26. The van der Waals surface area contributed by atoms with Gasteiger partial charge in [0.2, 0.25) is 0 Å². The molecule has 6 heteroatoms. The van der Waals surface area contributed by atoms with Gasteiger partial charge in [-0.05, 0) is 43.5 Å². The average Bonchev–Trinajstić information content (AvgIpc) is 3.26. The number of ether oxygens (including phenoxy) is 1. The van der Waals surface area contributed by atoms with Gasteiger partial charge in [-0.15, -0.1) is 0 Å². The largest absolute Gasteiger partial charge is 0.378 e. The Kier molecular flexibility index (Phi) is 6.87. The van der Waals surface area contributed by atoms with Crippen LogP contribution in [0.2, 0.25) is 0 Å². The molecule has 1 amide bonds.